The molecule has 7 heteroatoms. The van der Waals surface area contributed by atoms with E-state index in [1.54, 1.807) is 4.90 Å². The normalized spacial score (nSPS) is 15.8. The topological polar surface area (TPSA) is 107 Å². The van der Waals surface area contributed by atoms with Crippen LogP contribution in [0.1, 0.15) is 32.6 Å². The number of urea groups is 1. The number of rotatable bonds is 7. The van der Waals surface area contributed by atoms with E-state index in [0.29, 0.717) is 6.54 Å². The molecule has 1 saturated carbocycles. The first-order chi connectivity index (χ1) is 8.45. The maximum atomic E-state index is 11.9. The van der Waals surface area contributed by atoms with Crippen molar-refractivity contribution in [3.8, 4) is 0 Å². The van der Waals surface area contributed by atoms with E-state index < -0.39 is 30.4 Å². The first-order valence-corrected chi connectivity index (χ1v) is 5.97. The van der Waals surface area contributed by atoms with Gasteiger partial charge in [0.1, 0.15) is 6.04 Å². The molecule has 3 N–H and O–H groups in total. The molecule has 0 spiro atoms. The van der Waals surface area contributed by atoms with Crippen molar-refractivity contribution in [1.82, 2.24) is 10.2 Å². The first kappa shape index (κ1) is 14.3. The van der Waals surface area contributed by atoms with Gasteiger partial charge in [-0.05, 0) is 19.3 Å². The average molecular weight is 258 g/mol. The van der Waals surface area contributed by atoms with Gasteiger partial charge in [-0.1, -0.05) is 6.92 Å². The number of aliphatic carboxylic acids is 2. The van der Waals surface area contributed by atoms with Crippen molar-refractivity contribution in [1.29, 1.82) is 0 Å². The molecular weight excluding hydrogens is 240 g/mol. The molecule has 0 saturated heterocycles. The van der Waals surface area contributed by atoms with Gasteiger partial charge in [-0.2, -0.15) is 0 Å². The monoisotopic (exact) mass is 258 g/mol. The number of hydrogen-bond donors (Lipinski definition) is 3. The minimum absolute atomic E-state index is 0.171. The number of carbonyl (C=O) groups is 3. The van der Waals surface area contributed by atoms with Crippen LogP contribution in [0.3, 0.4) is 0 Å². The maximum Gasteiger partial charge on any atom is 0.326 e. The van der Waals surface area contributed by atoms with Gasteiger partial charge in [0.05, 0.1) is 6.42 Å². The van der Waals surface area contributed by atoms with Gasteiger partial charge in [0.2, 0.25) is 0 Å². The summed E-state index contributed by atoms with van der Waals surface area (Å²) in [5.74, 6) is -2.59. The summed E-state index contributed by atoms with van der Waals surface area (Å²) in [6.45, 7) is 2.48. The average Bonchev–Trinajstić information content (AvgIpc) is 3.07. The van der Waals surface area contributed by atoms with Crippen molar-refractivity contribution in [2.75, 3.05) is 6.54 Å². The van der Waals surface area contributed by atoms with Gasteiger partial charge in [-0.3, -0.25) is 4.79 Å². The van der Waals surface area contributed by atoms with Gasteiger partial charge in [-0.25, -0.2) is 9.59 Å². The second-order valence-corrected chi connectivity index (χ2v) is 4.36. The highest BCUT2D eigenvalue weighted by Crippen LogP contribution is 2.26. The van der Waals surface area contributed by atoms with Gasteiger partial charge in [0.15, 0.2) is 0 Å². The van der Waals surface area contributed by atoms with Gasteiger partial charge < -0.3 is 20.4 Å². The molecule has 1 atom stereocenters. The number of carboxylic acid groups (broad SMARTS) is 2. The molecule has 1 rings (SSSR count). The maximum absolute atomic E-state index is 11.9. The van der Waals surface area contributed by atoms with Gasteiger partial charge in [0, 0.05) is 12.6 Å². The Balaban J connectivity index is 2.58. The summed E-state index contributed by atoms with van der Waals surface area (Å²) in [5, 5.41) is 19.7. The standard InChI is InChI=1S/C11H18N2O5/c1-2-5-13(7-3-4-7)11(18)12-8(10(16)17)6-9(14)15/h7-8H,2-6H2,1H3,(H,12,18)(H,14,15)(H,16,17)/t8-/m1/s1. The largest absolute Gasteiger partial charge is 0.481 e. The summed E-state index contributed by atoms with van der Waals surface area (Å²) >= 11 is 0. The molecule has 2 amide bonds. The molecule has 102 valence electrons. The van der Waals surface area contributed by atoms with Crippen molar-refractivity contribution >= 4 is 18.0 Å². The second kappa shape index (κ2) is 6.23. The van der Waals surface area contributed by atoms with Crippen LogP contribution < -0.4 is 5.32 Å². The van der Waals surface area contributed by atoms with Gasteiger partial charge >= 0.3 is 18.0 Å². The Hall–Kier alpha value is -1.79. The molecule has 0 heterocycles. The predicted octanol–water partition coefficient (Wildman–Crippen LogP) is 0.498. The van der Waals surface area contributed by atoms with Crippen molar-refractivity contribution in [2.24, 2.45) is 0 Å². The molecule has 0 aliphatic heterocycles. The predicted molar refractivity (Wildman–Crippen MR) is 62.2 cm³/mol. The number of nitrogens with zero attached hydrogens (tertiary/aromatic N) is 1. The van der Waals surface area contributed by atoms with E-state index in [2.05, 4.69) is 5.32 Å². The smallest absolute Gasteiger partial charge is 0.326 e. The number of nitrogens with one attached hydrogen (secondary N) is 1. The van der Waals surface area contributed by atoms with Crippen LogP contribution in [-0.4, -0.2) is 51.7 Å². The Morgan fingerprint density at radius 2 is 1.94 bits per heavy atom. The molecule has 0 aromatic carbocycles. The molecule has 0 bridgehead atoms. The van der Waals surface area contributed by atoms with Gasteiger partial charge in [0.25, 0.3) is 0 Å². The molecule has 7 nitrogen and oxygen atoms in total. The highest BCUT2D eigenvalue weighted by Gasteiger charge is 2.34. The Kier molecular flexibility index (Phi) is 4.94. The minimum Gasteiger partial charge on any atom is -0.481 e. The number of carboxylic acids is 2. The lowest BCUT2D eigenvalue weighted by atomic mass is 10.2. The molecule has 1 aliphatic rings. The molecular formula is C11H18N2O5. The SMILES string of the molecule is CCCN(C(=O)N[C@H](CC(=O)O)C(=O)O)C1CC1. The summed E-state index contributed by atoms with van der Waals surface area (Å²) in [6.07, 6.45) is 2.00. The summed E-state index contributed by atoms with van der Waals surface area (Å²) < 4.78 is 0. The second-order valence-electron chi connectivity index (χ2n) is 4.36. The highest BCUT2D eigenvalue weighted by atomic mass is 16.4. The fourth-order valence-electron chi connectivity index (χ4n) is 1.68. The van der Waals surface area contributed by atoms with Crippen molar-refractivity contribution < 1.29 is 24.6 Å². The van der Waals surface area contributed by atoms with E-state index in [-0.39, 0.29) is 6.04 Å². The fourth-order valence-corrected chi connectivity index (χ4v) is 1.68. The molecule has 18 heavy (non-hydrogen) atoms. The number of hydrogen-bond acceptors (Lipinski definition) is 3. The lowest BCUT2D eigenvalue weighted by molar-refractivity contribution is -0.145. The van der Waals surface area contributed by atoms with Crippen LogP contribution in [-0.2, 0) is 9.59 Å². The minimum atomic E-state index is -1.38. The molecule has 0 aromatic rings. The van der Waals surface area contributed by atoms with E-state index in [1.165, 1.54) is 0 Å². The third kappa shape index (κ3) is 4.23. The quantitative estimate of drug-likeness (QED) is 0.616. The van der Waals surface area contributed by atoms with Crippen LogP contribution in [0, 0.1) is 0 Å². The van der Waals surface area contributed by atoms with Crippen molar-refractivity contribution in [3.63, 3.8) is 0 Å². The summed E-state index contributed by atoms with van der Waals surface area (Å²) in [6, 6.07) is -1.70. The van der Waals surface area contributed by atoms with E-state index >= 15 is 0 Å². The Morgan fingerprint density at radius 3 is 2.33 bits per heavy atom. The van der Waals surface area contributed by atoms with E-state index in [9.17, 15) is 14.4 Å². The van der Waals surface area contributed by atoms with Crippen LogP contribution in [0.2, 0.25) is 0 Å². The molecule has 0 aromatic heterocycles. The third-order valence-corrected chi connectivity index (χ3v) is 2.69. The molecule has 1 fully saturated rings. The Labute approximate surface area is 105 Å². The van der Waals surface area contributed by atoms with Crippen LogP contribution in [0.25, 0.3) is 0 Å². The Bertz CT molecular complexity index is 340. The van der Waals surface area contributed by atoms with Gasteiger partial charge in [-0.15, -0.1) is 0 Å². The lowest BCUT2D eigenvalue weighted by Gasteiger charge is -2.24. The first-order valence-electron chi connectivity index (χ1n) is 5.97. The molecule has 0 radical (unpaired) electrons. The highest BCUT2D eigenvalue weighted by molar-refractivity contribution is 5.86. The molecule has 1 aliphatic carbocycles. The van der Waals surface area contributed by atoms with E-state index in [4.69, 9.17) is 10.2 Å². The van der Waals surface area contributed by atoms with Crippen LogP contribution in [0.4, 0.5) is 4.79 Å². The van der Waals surface area contributed by atoms with Crippen LogP contribution >= 0.6 is 0 Å². The fraction of sp³-hybridized carbons (Fsp3) is 0.727. The zero-order chi connectivity index (χ0) is 13.7. The van der Waals surface area contributed by atoms with Crippen LogP contribution in [0.5, 0.6) is 0 Å². The number of carbonyl (C=O) groups excluding carboxylic acids is 1. The van der Waals surface area contributed by atoms with E-state index in [0.717, 1.165) is 19.3 Å². The van der Waals surface area contributed by atoms with E-state index in [1.807, 2.05) is 6.92 Å². The summed E-state index contributed by atoms with van der Waals surface area (Å²) in [4.78, 5) is 34.8. The third-order valence-electron chi connectivity index (χ3n) is 2.69. The Morgan fingerprint density at radius 1 is 1.33 bits per heavy atom. The molecule has 0 unspecified atom stereocenters. The van der Waals surface area contributed by atoms with Crippen LogP contribution in [0.15, 0.2) is 0 Å². The van der Waals surface area contributed by atoms with Crippen molar-refractivity contribution in [2.45, 2.75) is 44.7 Å². The number of amides is 2. The summed E-state index contributed by atoms with van der Waals surface area (Å²) in [5.41, 5.74) is 0. The zero-order valence-electron chi connectivity index (χ0n) is 10.3. The summed E-state index contributed by atoms with van der Waals surface area (Å²) in [7, 11) is 0. The van der Waals surface area contributed by atoms with Crippen molar-refractivity contribution in [3.05, 3.63) is 0 Å². The lowest BCUT2D eigenvalue weighted by Crippen LogP contribution is -2.49. The zero-order valence-corrected chi connectivity index (χ0v) is 10.3.